The molecular formula is C9H8BNO2S. The topological polar surface area (TPSA) is 39.2 Å². The van der Waals surface area contributed by atoms with Gasteiger partial charge in [0.05, 0.1) is 22.9 Å². The summed E-state index contributed by atoms with van der Waals surface area (Å²) in [5, 5.41) is 0. The maximum atomic E-state index is 11.2. The third-order valence-electron chi connectivity index (χ3n) is 1.92. The quantitative estimate of drug-likeness (QED) is 0.497. The van der Waals surface area contributed by atoms with E-state index < -0.39 is 0 Å². The van der Waals surface area contributed by atoms with Crippen molar-refractivity contribution >= 4 is 40.3 Å². The van der Waals surface area contributed by atoms with Crippen LogP contribution in [0.2, 0.25) is 0 Å². The van der Waals surface area contributed by atoms with Crippen molar-refractivity contribution in [3.05, 3.63) is 23.8 Å². The smallest absolute Gasteiger partial charge is 0.337 e. The van der Waals surface area contributed by atoms with Crippen LogP contribution in [0.15, 0.2) is 18.2 Å². The van der Waals surface area contributed by atoms with Crippen LogP contribution in [0.25, 0.3) is 10.2 Å². The van der Waals surface area contributed by atoms with Crippen LogP contribution >= 0.6 is 11.3 Å². The summed E-state index contributed by atoms with van der Waals surface area (Å²) in [6.07, 6.45) is 0. The monoisotopic (exact) mass is 205 g/mol. The number of hydrogen-bond donors (Lipinski definition) is 0. The van der Waals surface area contributed by atoms with Crippen molar-refractivity contribution < 1.29 is 9.53 Å². The van der Waals surface area contributed by atoms with Gasteiger partial charge in [-0.15, -0.1) is 11.3 Å². The number of rotatable bonds is 1. The molecule has 0 bridgehead atoms. The summed E-state index contributed by atoms with van der Waals surface area (Å²) in [5.41, 5.74) is 1.50. The Balaban J connectivity index is 2.55. The molecular weight excluding hydrogens is 197 g/mol. The van der Waals surface area contributed by atoms with Gasteiger partial charge in [-0.05, 0) is 18.2 Å². The molecule has 0 saturated carbocycles. The van der Waals surface area contributed by atoms with Crippen LogP contribution in [-0.2, 0) is 4.74 Å². The predicted molar refractivity (Wildman–Crippen MR) is 59.1 cm³/mol. The number of ether oxygens (including phenoxy) is 1. The minimum absolute atomic E-state index is 0.307. The van der Waals surface area contributed by atoms with Crippen molar-refractivity contribution in [3.8, 4) is 0 Å². The van der Waals surface area contributed by atoms with E-state index in [0.717, 1.165) is 15.1 Å². The fraction of sp³-hybridized carbons (Fsp3) is 0.111. The first-order chi connectivity index (χ1) is 6.70. The lowest BCUT2D eigenvalue weighted by molar-refractivity contribution is 0.0601. The number of carbonyl (C=O) groups is 1. The zero-order valence-corrected chi connectivity index (χ0v) is 8.72. The van der Waals surface area contributed by atoms with Crippen LogP contribution in [0.3, 0.4) is 0 Å². The highest BCUT2D eigenvalue weighted by Gasteiger charge is 2.07. The molecule has 0 aliphatic heterocycles. The van der Waals surface area contributed by atoms with Gasteiger partial charge in [0.25, 0.3) is 0 Å². The maximum Gasteiger partial charge on any atom is 0.337 e. The van der Waals surface area contributed by atoms with Gasteiger partial charge in [-0.2, -0.15) is 0 Å². The first-order valence-corrected chi connectivity index (χ1v) is 4.98. The molecule has 0 saturated heterocycles. The van der Waals surface area contributed by atoms with Crippen LogP contribution in [0.4, 0.5) is 0 Å². The summed E-state index contributed by atoms with van der Waals surface area (Å²) >= 11 is 1.58. The second kappa shape index (κ2) is 3.42. The number of aromatic nitrogens is 1. The van der Waals surface area contributed by atoms with Crippen molar-refractivity contribution in [2.45, 2.75) is 0 Å². The van der Waals surface area contributed by atoms with Gasteiger partial charge in [0, 0.05) is 4.91 Å². The standard InChI is InChI=1S/C9H8BNO2S/c1-13-8(12)5-2-3-6-7(4-5)14-9(10)11-6/h2-4H,10H2,1H3. The van der Waals surface area contributed by atoms with Crippen LogP contribution in [0.5, 0.6) is 0 Å². The zero-order valence-electron chi connectivity index (χ0n) is 7.90. The average molecular weight is 205 g/mol. The van der Waals surface area contributed by atoms with Gasteiger partial charge >= 0.3 is 5.97 Å². The summed E-state index contributed by atoms with van der Waals surface area (Å²) < 4.78 is 5.66. The summed E-state index contributed by atoms with van der Waals surface area (Å²) in [6.45, 7) is 0. The van der Waals surface area contributed by atoms with E-state index in [4.69, 9.17) is 0 Å². The SMILES string of the molecule is Bc1nc2ccc(C(=O)OC)cc2s1. The number of nitrogens with zero attached hydrogens (tertiary/aromatic N) is 1. The molecule has 0 spiro atoms. The first-order valence-electron chi connectivity index (χ1n) is 4.16. The Kier molecular flexibility index (Phi) is 2.25. The van der Waals surface area contributed by atoms with E-state index in [0.29, 0.717) is 5.56 Å². The van der Waals surface area contributed by atoms with Gasteiger partial charge < -0.3 is 4.74 Å². The minimum Gasteiger partial charge on any atom is -0.465 e. The van der Waals surface area contributed by atoms with Crippen molar-refractivity contribution in [3.63, 3.8) is 0 Å². The largest absolute Gasteiger partial charge is 0.465 e. The highest BCUT2D eigenvalue weighted by Crippen LogP contribution is 2.17. The molecule has 0 unspecified atom stereocenters. The van der Waals surface area contributed by atoms with E-state index in [-0.39, 0.29) is 5.97 Å². The summed E-state index contributed by atoms with van der Waals surface area (Å²) in [4.78, 5) is 16.5. The van der Waals surface area contributed by atoms with Gasteiger partial charge in [0.1, 0.15) is 0 Å². The van der Waals surface area contributed by atoms with E-state index >= 15 is 0 Å². The van der Waals surface area contributed by atoms with Crippen LogP contribution in [-0.4, -0.2) is 25.9 Å². The van der Waals surface area contributed by atoms with E-state index in [2.05, 4.69) is 9.72 Å². The molecule has 0 N–H and O–H groups in total. The van der Waals surface area contributed by atoms with E-state index in [1.54, 1.807) is 17.4 Å². The Labute approximate surface area is 86.1 Å². The third-order valence-corrected chi connectivity index (χ3v) is 2.85. The Morgan fingerprint density at radius 1 is 1.57 bits per heavy atom. The van der Waals surface area contributed by atoms with E-state index in [1.165, 1.54) is 7.11 Å². The minimum atomic E-state index is -0.307. The summed E-state index contributed by atoms with van der Waals surface area (Å²) in [5.74, 6) is -0.307. The van der Waals surface area contributed by atoms with Crippen LogP contribution in [0.1, 0.15) is 10.4 Å². The average Bonchev–Trinajstić information content (AvgIpc) is 2.55. The summed E-state index contributed by atoms with van der Waals surface area (Å²) in [7, 11) is 3.33. The van der Waals surface area contributed by atoms with E-state index in [1.807, 2.05) is 20.0 Å². The number of hydrogen-bond acceptors (Lipinski definition) is 4. The number of carbonyl (C=O) groups excluding carboxylic acids is 1. The third kappa shape index (κ3) is 1.51. The normalized spacial score (nSPS) is 10.4. The molecule has 0 aliphatic rings. The van der Waals surface area contributed by atoms with Crippen LogP contribution in [0, 0.1) is 0 Å². The van der Waals surface area contributed by atoms with Crippen molar-refractivity contribution in [1.82, 2.24) is 4.98 Å². The number of thiazole rings is 1. The Morgan fingerprint density at radius 3 is 3.07 bits per heavy atom. The molecule has 70 valence electrons. The van der Waals surface area contributed by atoms with E-state index in [9.17, 15) is 4.79 Å². The lowest BCUT2D eigenvalue weighted by Crippen LogP contribution is -2.00. The molecule has 1 heterocycles. The predicted octanol–water partition coefficient (Wildman–Crippen LogP) is 0.341. The van der Waals surface area contributed by atoms with Crippen molar-refractivity contribution in [2.75, 3.05) is 7.11 Å². The molecule has 2 aromatic rings. The van der Waals surface area contributed by atoms with Gasteiger partial charge in [-0.1, -0.05) is 0 Å². The first kappa shape index (κ1) is 9.21. The van der Waals surface area contributed by atoms with Gasteiger partial charge in [0.2, 0.25) is 0 Å². The lowest BCUT2D eigenvalue weighted by Gasteiger charge is -1.97. The van der Waals surface area contributed by atoms with Crippen molar-refractivity contribution in [1.29, 1.82) is 0 Å². The Morgan fingerprint density at radius 2 is 2.36 bits per heavy atom. The zero-order chi connectivity index (χ0) is 10.1. The van der Waals surface area contributed by atoms with Gasteiger partial charge in [-0.25, -0.2) is 4.79 Å². The second-order valence-electron chi connectivity index (χ2n) is 2.91. The highest BCUT2D eigenvalue weighted by molar-refractivity contribution is 7.25. The number of benzene rings is 1. The van der Waals surface area contributed by atoms with Crippen molar-refractivity contribution in [2.24, 2.45) is 0 Å². The van der Waals surface area contributed by atoms with Gasteiger partial charge in [-0.3, -0.25) is 4.98 Å². The number of methoxy groups -OCH3 is 1. The molecule has 0 aliphatic carbocycles. The molecule has 0 amide bonds. The molecule has 14 heavy (non-hydrogen) atoms. The fourth-order valence-corrected chi connectivity index (χ4v) is 2.15. The molecule has 1 aromatic carbocycles. The molecule has 0 fully saturated rings. The second-order valence-corrected chi connectivity index (χ2v) is 4.14. The number of esters is 1. The Bertz CT molecular complexity index is 495. The molecule has 0 atom stereocenters. The Hall–Kier alpha value is -1.36. The molecule has 5 heteroatoms. The highest BCUT2D eigenvalue weighted by atomic mass is 32.1. The lowest BCUT2D eigenvalue weighted by atomic mass is 10.2. The maximum absolute atomic E-state index is 11.2. The number of fused-ring (bicyclic) bond motifs is 1. The molecule has 2 rings (SSSR count). The van der Waals surface area contributed by atoms with Crippen LogP contribution < -0.4 is 4.91 Å². The summed E-state index contributed by atoms with van der Waals surface area (Å²) in [6, 6.07) is 5.38. The van der Waals surface area contributed by atoms with Gasteiger partial charge in [0.15, 0.2) is 7.85 Å². The molecule has 3 nitrogen and oxygen atoms in total. The fourth-order valence-electron chi connectivity index (χ4n) is 1.28. The molecule has 0 radical (unpaired) electrons. The molecule has 1 aromatic heterocycles.